The number of rotatable bonds is 6. The largest absolute Gasteiger partial charge is 0.332 e. The fourth-order valence-electron chi connectivity index (χ4n) is 4.87. The number of nitrogens with zero attached hydrogens (tertiary/aromatic N) is 4. The van der Waals surface area contributed by atoms with Gasteiger partial charge in [0.1, 0.15) is 5.78 Å². The van der Waals surface area contributed by atoms with E-state index in [1.165, 1.54) is 19.3 Å². The van der Waals surface area contributed by atoms with E-state index in [2.05, 4.69) is 47.5 Å². The molecule has 2 aliphatic rings. The fraction of sp³-hybridized carbons (Fsp3) is 0.808. The Morgan fingerprint density at radius 3 is 1.90 bits per heavy atom. The smallest absolute Gasteiger partial charge is 0.225 e. The number of hydrogen-bond donors (Lipinski definition) is 0. The van der Waals surface area contributed by atoms with E-state index in [1.54, 1.807) is 0 Å². The lowest BCUT2D eigenvalue weighted by atomic mass is 9.83. The molecular formula is C26H46N4O. The van der Waals surface area contributed by atoms with Crippen LogP contribution in [0.2, 0.25) is 0 Å². The Labute approximate surface area is 191 Å². The molecule has 1 saturated heterocycles. The molecule has 0 aromatic carbocycles. The Morgan fingerprint density at radius 2 is 1.48 bits per heavy atom. The van der Waals surface area contributed by atoms with Crippen LogP contribution in [0.4, 0.5) is 5.95 Å². The summed E-state index contributed by atoms with van der Waals surface area (Å²) >= 11 is 0. The third-order valence-electron chi connectivity index (χ3n) is 6.92. The minimum atomic E-state index is 0.248. The zero-order valence-electron chi connectivity index (χ0n) is 21.1. The molecule has 5 nitrogen and oxygen atoms in total. The van der Waals surface area contributed by atoms with Gasteiger partial charge in [-0.2, -0.15) is 0 Å². The average Bonchev–Trinajstić information content (AvgIpc) is 2.79. The van der Waals surface area contributed by atoms with Crippen LogP contribution in [0.1, 0.15) is 92.1 Å². The Hall–Kier alpha value is -1.49. The number of ketones is 1. The van der Waals surface area contributed by atoms with Crippen molar-refractivity contribution in [2.75, 3.05) is 18.0 Å². The second kappa shape index (κ2) is 12.5. The number of carbonyl (C=O) groups excluding carboxylic acids is 1. The molecule has 1 aliphatic heterocycles. The normalized spacial score (nSPS) is 23.1. The molecule has 2 atom stereocenters. The summed E-state index contributed by atoms with van der Waals surface area (Å²) in [6.07, 6.45) is 12.3. The first kappa shape index (κ1) is 25.8. The molecule has 31 heavy (non-hydrogen) atoms. The predicted molar refractivity (Wildman–Crippen MR) is 131 cm³/mol. The van der Waals surface area contributed by atoms with Crippen LogP contribution in [-0.2, 0) is 4.79 Å². The maximum atomic E-state index is 11.5. The van der Waals surface area contributed by atoms with Crippen LogP contribution in [0, 0.1) is 18.8 Å². The Bertz CT molecular complexity index is 638. The second-order valence-corrected chi connectivity index (χ2v) is 10.0. The molecule has 3 rings (SSSR count). The molecule has 0 bridgehead atoms. The van der Waals surface area contributed by atoms with Gasteiger partial charge in [0.2, 0.25) is 5.95 Å². The van der Waals surface area contributed by atoms with Gasteiger partial charge < -0.3 is 4.90 Å². The van der Waals surface area contributed by atoms with Gasteiger partial charge in [-0.3, -0.25) is 9.69 Å². The van der Waals surface area contributed by atoms with Crippen molar-refractivity contribution in [3.8, 4) is 0 Å². The summed E-state index contributed by atoms with van der Waals surface area (Å²) < 4.78 is 0. The molecule has 1 aliphatic carbocycles. The number of aromatic nitrogens is 2. The molecule has 1 aromatic heterocycles. The van der Waals surface area contributed by atoms with E-state index in [4.69, 9.17) is 0 Å². The van der Waals surface area contributed by atoms with Crippen molar-refractivity contribution in [2.45, 2.75) is 112 Å². The summed E-state index contributed by atoms with van der Waals surface area (Å²) in [6, 6.07) is 1.64. The zero-order valence-corrected chi connectivity index (χ0v) is 21.1. The van der Waals surface area contributed by atoms with Crippen molar-refractivity contribution in [1.29, 1.82) is 0 Å². The number of Topliss-reactive ketones (excluding diaryl/α,β-unsaturated/α-hetero) is 1. The number of carbonyl (C=O) groups is 1. The van der Waals surface area contributed by atoms with E-state index in [1.807, 2.05) is 33.2 Å². The summed E-state index contributed by atoms with van der Waals surface area (Å²) in [5, 5.41) is 0. The van der Waals surface area contributed by atoms with Crippen LogP contribution in [0.15, 0.2) is 12.4 Å². The third-order valence-corrected chi connectivity index (χ3v) is 6.92. The Morgan fingerprint density at radius 1 is 0.968 bits per heavy atom. The third kappa shape index (κ3) is 7.27. The van der Waals surface area contributed by atoms with Crippen LogP contribution < -0.4 is 4.90 Å². The number of anilines is 1. The van der Waals surface area contributed by atoms with Crippen LogP contribution in [0.25, 0.3) is 0 Å². The summed E-state index contributed by atoms with van der Waals surface area (Å²) in [7, 11) is 0. The van der Waals surface area contributed by atoms with Crippen molar-refractivity contribution in [3.63, 3.8) is 0 Å². The number of aryl methyl sites for hydroxylation is 1. The van der Waals surface area contributed by atoms with E-state index in [0.29, 0.717) is 29.8 Å². The van der Waals surface area contributed by atoms with Gasteiger partial charge in [-0.15, -0.1) is 0 Å². The van der Waals surface area contributed by atoms with Crippen LogP contribution in [-0.4, -0.2) is 51.9 Å². The van der Waals surface area contributed by atoms with Gasteiger partial charge >= 0.3 is 0 Å². The van der Waals surface area contributed by atoms with E-state index in [9.17, 15) is 4.79 Å². The summed E-state index contributed by atoms with van der Waals surface area (Å²) in [5.41, 5.74) is 1.12. The van der Waals surface area contributed by atoms with Crippen molar-refractivity contribution < 1.29 is 4.79 Å². The second-order valence-electron chi connectivity index (χ2n) is 10.0. The molecule has 2 unspecified atom stereocenters. The van der Waals surface area contributed by atoms with Crippen LogP contribution >= 0.6 is 0 Å². The lowest BCUT2D eigenvalue weighted by Crippen LogP contribution is -2.60. The predicted octanol–water partition coefficient (Wildman–Crippen LogP) is 5.66. The molecule has 2 fully saturated rings. The van der Waals surface area contributed by atoms with Crippen LogP contribution in [0.3, 0.4) is 0 Å². The molecule has 1 aromatic rings. The first-order valence-corrected chi connectivity index (χ1v) is 12.6. The highest BCUT2D eigenvalue weighted by molar-refractivity contribution is 5.82. The van der Waals surface area contributed by atoms with Gasteiger partial charge in [-0.1, -0.05) is 47.0 Å². The van der Waals surface area contributed by atoms with E-state index in [0.717, 1.165) is 50.3 Å². The van der Waals surface area contributed by atoms with Gasteiger partial charge in [-0.05, 0) is 52.0 Å². The standard InChI is InChI=1S/C16H28N4.C10H18O/c1-6-14-10-19(12(3)4)11-15(7-2)20(14)16-17-8-13(5)9-18-16;1-8(2)10(11)9-6-4-3-5-7-9/h8-9,12,14-15H,6-7,10-11H2,1-5H3;8-9H,3-7H2,1-2H3. The molecular weight excluding hydrogens is 384 g/mol. The number of piperazine rings is 1. The minimum Gasteiger partial charge on any atom is -0.332 e. The molecule has 176 valence electrons. The van der Waals surface area contributed by atoms with Crippen molar-refractivity contribution in [3.05, 3.63) is 18.0 Å². The monoisotopic (exact) mass is 430 g/mol. The van der Waals surface area contributed by atoms with E-state index >= 15 is 0 Å². The van der Waals surface area contributed by atoms with Gasteiger partial charge in [-0.25, -0.2) is 9.97 Å². The highest BCUT2D eigenvalue weighted by Gasteiger charge is 2.35. The lowest BCUT2D eigenvalue weighted by Gasteiger charge is -2.48. The SMILES string of the molecule is CC(C)C(=O)C1CCCCC1.CCC1CN(C(C)C)CC(CC)N1c1ncc(C)cn1. The Kier molecular flexibility index (Phi) is 10.4. The molecule has 0 radical (unpaired) electrons. The first-order chi connectivity index (χ1) is 14.8. The van der Waals surface area contributed by atoms with Crippen molar-refractivity contribution in [2.24, 2.45) is 11.8 Å². The highest BCUT2D eigenvalue weighted by Crippen LogP contribution is 2.27. The lowest BCUT2D eigenvalue weighted by molar-refractivity contribution is -0.126. The average molecular weight is 431 g/mol. The van der Waals surface area contributed by atoms with Gasteiger partial charge in [0, 0.05) is 55.4 Å². The van der Waals surface area contributed by atoms with E-state index in [-0.39, 0.29) is 5.92 Å². The molecule has 0 spiro atoms. The summed E-state index contributed by atoms with van der Waals surface area (Å²) in [6.45, 7) is 17.4. The van der Waals surface area contributed by atoms with Crippen molar-refractivity contribution in [1.82, 2.24) is 14.9 Å². The van der Waals surface area contributed by atoms with Crippen LogP contribution in [0.5, 0.6) is 0 Å². The maximum Gasteiger partial charge on any atom is 0.225 e. The quantitative estimate of drug-likeness (QED) is 0.582. The zero-order chi connectivity index (χ0) is 23.0. The minimum absolute atomic E-state index is 0.248. The molecule has 0 amide bonds. The van der Waals surface area contributed by atoms with E-state index < -0.39 is 0 Å². The molecule has 0 N–H and O–H groups in total. The molecule has 1 saturated carbocycles. The molecule has 2 heterocycles. The fourth-order valence-corrected chi connectivity index (χ4v) is 4.87. The summed E-state index contributed by atoms with van der Waals surface area (Å²) in [5.74, 6) is 2.05. The molecule has 5 heteroatoms. The number of hydrogen-bond acceptors (Lipinski definition) is 5. The van der Waals surface area contributed by atoms with Gasteiger partial charge in [0.15, 0.2) is 0 Å². The first-order valence-electron chi connectivity index (χ1n) is 12.6. The van der Waals surface area contributed by atoms with Crippen molar-refractivity contribution >= 4 is 11.7 Å². The summed E-state index contributed by atoms with van der Waals surface area (Å²) in [4.78, 5) is 25.7. The Balaban J connectivity index is 0.000000262. The van der Waals surface area contributed by atoms with Gasteiger partial charge in [0.25, 0.3) is 0 Å². The van der Waals surface area contributed by atoms with Gasteiger partial charge in [0.05, 0.1) is 0 Å². The maximum absolute atomic E-state index is 11.5. The highest BCUT2D eigenvalue weighted by atomic mass is 16.1. The topological polar surface area (TPSA) is 49.3 Å².